The van der Waals surface area contributed by atoms with Gasteiger partial charge in [-0.25, -0.2) is 0 Å². The monoisotopic (exact) mass is 240 g/mol. The van der Waals surface area contributed by atoms with Crippen molar-refractivity contribution in [2.75, 3.05) is 11.9 Å². The molecule has 4 heteroatoms. The topological polar surface area (TPSA) is 38.0 Å². The molecule has 0 heterocycles. The molecule has 0 aromatic heterocycles. The van der Waals surface area contributed by atoms with Gasteiger partial charge < -0.3 is 11.1 Å². The molecule has 1 aromatic rings. The second-order valence-corrected chi connectivity index (χ2v) is 4.75. The molecule has 1 aliphatic rings. The summed E-state index contributed by atoms with van der Waals surface area (Å²) in [4.78, 5) is 0.407. The first kappa shape index (κ1) is 10.7. The van der Waals surface area contributed by atoms with Crippen LogP contribution in [-0.4, -0.2) is 11.5 Å². The molecule has 15 heavy (non-hydrogen) atoms. The molecule has 1 saturated carbocycles. The molecule has 1 fully saturated rings. The van der Waals surface area contributed by atoms with Gasteiger partial charge in [0.05, 0.1) is 0 Å². The molecule has 0 amide bonds. The minimum absolute atomic E-state index is 0.407. The summed E-state index contributed by atoms with van der Waals surface area (Å²) in [6, 6.07) is 5.54. The van der Waals surface area contributed by atoms with Gasteiger partial charge in [-0.3, -0.25) is 0 Å². The van der Waals surface area contributed by atoms with Gasteiger partial charge in [-0.1, -0.05) is 23.8 Å². The van der Waals surface area contributed by atoms with Gasteiger partial charge in [-0.2, -0.15) is 0 Å². The highest BCUT2D eigenvalue weighted by Crippen LogP contribution is 2.30. The van der Waals surface area contributed by atoms with Gasteiger partial charge in [0.25, 0.3) is 0 Å². The van der Waals surface area contributed by atoms with Crippen molar-refractivity contribution in [3.8, 4) is 0 Å². The Kier molecular flexibility index (Phi) is 3.12. The van der Waals surface area contributed by atoms with Crippen molar-refractivity contribution in [1.29, 1.82) is 0 Å². The van der Waals surface area contributed by atoms with Crippen molar-refractivity contribution in [2.24, 2.45) is 11.7 Å². The summed E-state index contributed by atoms with van der Waals surface area (Å²) in [5, 5.41) is 4.05. The van der Waals surface area contributed by atoms with E-state index in [1.807, 2.05) is 12.1 Å². The molecule has 0 saturated heterocycles. The third kappa shape index (κ3) is 2.83. The summed E-state index contributed by atoms with van der Waals surface area (Å²) in [5.74, 6) is 0.808. The van der Waals surface area contributed by atoms with E-state index in [2.05, 4.69) is 5.32 Å². The standard InChI is InChI=1S/C11H13ClN2S/c12-8-3-4-9(11(13)15)10(5-8)14-6-7-1-2-7/h3-5,7,14H,1-2,6H2,(H2,13,15). The number of benzene rings is 1. The maximum atomic E-state index is 5.93. The largest absolute Gasteiger partial charge is 0.389 e. The smallest absolute Gasteiger partial charge is 0.106 e. The SMILES string of the molecule is NC(=S)c1ccc(Cl)cc1NCC1CC1. The fraction of sp³-hybridized carbons (Fsp3) is 0.364. The third-order valence-electron chi connectivity index (χ3n) is 2.53. The van der Waals surface area contributed by atoms with Gasteiger partial charge in [-0.15, -0.1) is 0 Å². The zero-order valence-corrected chi connectivity index (χ0v) is 9.87. The lowest BCUT2D eigenvalue weighted by atomic mass is 10.1. The van der Waals surface area contributed by atoms with E-state index >= 15 is 0 Å². The maximum Gasteiger partial charge on any atom is 0.106 e. The van der Waals surface area contributed by atoms with E-state index in [0.717, 1.165) is 23.7 Å². The zero-order chi connectivity index (χ0) is 10.8. The molecule has 0 atom stereocenters. The summed E-state index contributed by atoms with van der Waals surface area (Å²) in [6.45, 7) is 0.982. The predicted molar refractivity (Wildman–Crippen MR) is 68.6 cm³/mol. The van der Waals surface area contributed by atoms with E-state index in [0.29, 0.717) is 10.0 Å². The first-order valence-corrected chi connectivity index (χ1v) is 5.78. The molecular formula is C11H13ClN2S. The van der Waals surface area contributed by atoms with E-state index < -0.39 is 0 Å². The van der Waals surface area contributed by atoms with Crippen molar-refractivity contribution in [2.45, 2.75) is 12.8 Å². The first-order chi connectivity index (χ1) is 7.16. The number of rotatable bonds is 4. The summed E-state index contributed by atoms with van der Waals surface area (Å²) < 4.78 is 0. The number of thiocarbonyl (C=S) groups is 1. The second kappa shape index (κ2) is 4.37. The van der Waals surface area contributed by atoms with E-state index in [1.54, 1.807) is 6.07 Å². The molecule has 2 rings (SSSR count). The lowest BCUT2D eigenvalue weighted by Crippen LogP contribution is -2.14. The van der Waals surface area contributed by atoms with Crippen LogP contribution >= 0.6 is 23.8 Å². The highest BCUT2D eigenvalue weighted by atomic mass is 35.5. The van der Waals surface area contributed by atoms with Gasteiger partial charge in [0, 0.05) is 22.8 Å². The summed E-state index contributed by atoms with van der Waals surface area (Å²) >= 11 is 10.9. The summed E-state index contributed by atoms with van der Waals surface area (Å²) in [6.07, 6.45) is 2.63. The van der Waals surface area contributed by atoms with Crippen LogP contribution in [-0.2, 0) is 0 Å². The minimum Gasteiger partial charge on any atom is -0.389 e. The first-order valence-electron chi connectivity index (χ1n) is 5.00. The zero-order valence-electron chi connectivity index (χ0n) is 8.29. The average molecular weight is 241 g/mol. The second-order valence-electron chi connectivity index (χ2n) is 3.88. The third-order valence-corrected chi connectivity index (χ3v) is 2.98. The molecule has 0 aliphatic heterocycles. The number of halogens is 1. The Bertz CT molecular complexity index is 388. The van der Waals surface area contributed by atoms with Crippen LogP contribution in [0.3, 0.4) is 0 Å². The van der Waals surface area contributed by atoms with Crippen LogP contribution in [0.25, 0.3) is 0 Å². The molecule has 1 aliphatic carbocycles. The van der Waals surface area contributed by atoms with E-state index in [9.17, 15) is 0 Å². The highest BCUT2D eigenvalue weighted by molar-refractivity contribution is 7.80. The number of anilines is 1. The van der Waals surface area contributed by atoms with Gasteiger partial charge in [0.2, 0.25) is 0 Å². The highest BCUT2D eigenvalue weighted by Gasteiger charge is 2.21. The van der Waals surface area contributed by atoms with Crippen LogP contribution in [0.4, 0.5) is 5.69 Å². The van der Waals surface area contributed by atoms with Crippen LogP contribution in [0.5, 0.6) is 0 Å². The van der Waals surface area contributed by atoms with Crippen LogP contribution in [0.1, 0.15) is 18.4 Å². The van der Waals surface area contributed by atoms with E-state index in [1.165, 1.54) is 12.8 Å². The Hall–Kier alpha value is -0.800. The Morgan fingerprint density at radius 1 is 1.53 bits per heavy atom. The van der Waals surface area contributed by atoms with Crippen molar-refractivity contribution < 1.29 is 0 Å². The van der Waals surface area contributed by atoms with E-state index in [-0.39, 0.29) is 0 Å². The lowest BCUT2D eigenvalue weighted by molar-refractivity contribution is 0.889. The average Bonchev–Trinajstić information content (AvgIpc) is 2.97. The van der Waals surface area contributed by atoms with Crippen LogP contribution in [0.2, 0.25) is 5.02 Å². The molecule has 0 radical (unpaired) electrons. The molecule has 80 valence electrons. The normalized spacial score (nSPS) is 15.0. The van der Waals surface area contributed by atoms with Gasteiger partial charge in [0.1, 0.15) is 4.99 Å². The van der Waals surface area contributed by atoms with E-state index in [4.69, 9.17) is 29.6 Å². The van der Waals surface area contributed by atoms with Crippen LogP contribution in [0.15, 0.2) is 18.2 Å². The molecular weight excluding hydrogens is 228 g/mol. The van der Waals surface area contributed by atoms with Crippen molar-refractivity contribution >= 4 is 34.5 Å². The molecule has 1 aromatic carbocycles. The number of hydrogen-bond donors (Lipinski definition) is 2. The maximum absolute atomic E-state index is 5.93. The van der Waals surface area contributed by atoms with Crippen molar-refractivity contribution in [3.05, 3.63) is 28.8 Å². The number of hydrogen-bond acceptors (Lipinski definition) is 2. The Morgan fingerprint density at radius 2 is 2.27 bits per heavy atom. The lowest BCUT2D eigenvalue weighted by Gasteiger charge is -2.11. The Morgan fingerprint density at radius 3 is 2.87 bits per heavy atom. The van der Waals surface area contributed by atoms with Gasteiger partial charge in [0.15, 0.2) is 0 Å². The molecule has 0 unspecified atom stereocenters. The fourth-order valence-electron chi connectivity index (χ4n) is 1.45. The summed E-state index contributed by atoms with van der Waals surface area (Å²) in [5.41, 5.74) is 7.45. The molecule has 0 bridgehead atoms. The summed E-state index contributed by atoms with van der Waals surface area (Å²) in [7, 11) is 0. The quantitative estimate of drug-likeness (QED) is 0.795. The Labute approximate surface area is 99.8 Å². The number of nitrogens with one attached hydrogen (secondary N) is 1. The minimum atomic E-state index is 0.407. The van der Waals surface area contributed by atoms with Crippen LogP contribution < -0.4 is 11.1 Å². The van der Waals surface area contributed by atoms with Gasteiger partial charge in [-0.05, 0) is 37.0 Å². The molecule has 3 N–H and O–H groups in total. The molecule has 2 nitrogen and oxygen atoms in total. The van der Waals surface area contributed by atoms with Gasteiger partial charge >= 0.3 is 0 Å². The molecule has 0 spiro atoms. The van der Waals surface area contributed by atoms with Crippen LogP contribution in [0, 0.1) is 5.92 Å². The predicted octanol–water partition coefficient (Wildman–Crippen LogP) is 2.80. The fourth-order valence-corrected chi connectivity index (χ4v) is 1.80. The number of nitrogens with two attached hydrogens (primary N) is 1. The van der Waals surface area contributed by atoms with Crippen molar-refractivity contribution in [3.63, 3.8) is 0 Å². The van der Waals surface area contributed by atoms with Crippen molar-refractivity contribution in [1.82, 2.24) is 0 Å². The Balaban J connectivity index is 2.16.